The molecule has 29 heavy (non-hydrogen) atoms. The molecule has 0 fully saturated rings. The van der Waals surface area contributed by atoms with E-state index in [-0.39, 0.29) is 6.61 Å². The fourth-order valence-corrected chi connectivity index (χ4v) is 3.00. The van der Waals surface area contributed by atoms with Crippen LogP contribution in [0.4, 0.5) is 0 Å². The van der Waals surface area contributed by atoms with Crippen molar-refractivity contribution in [1.82, 2.24) is 0 Å². The molecule has 0 unspecified atom stereocenters. The first-order valence-corrected chi connectivity index (χ1v) is 10.8. The van der Waals surface area contributed by atoms with Crippen LogP contribution >= 0.6 is 0 Å². The van der Waals surface area contributed by atoms with E-state index < -0.39 is 6.10 Å². The van der Waals surface area contributed by atoms with Crippen molar-refractivity contribution in [3.05, 3.63) is 59.7 Å². The molecule has 0 saturated heterocycles. The third-order valence-electron chi connectivity index (χ3n) is 4.85. The average molecular weight is 399 g/mol. The highest BCUT2D eigenvalue weighted by Gasteiger charge is 2.01. The van der Waals surface area contributed by atoms with Gasteiger partial charge in [-0.15, -0.1) is 0 Å². The Bertz CT molecular complexity index is 637. The van der Waals surface area contributed by atoms with Crippen molar-refractivity contribution >= 4 is 0 Å². The summed E-state index contributed by atoms with van der Waals surface area (Å²) in [5.74, 6) is 5.84. The van der Waals surface area contributed by atoms with Crippen LogP contribution < -0.4 is 0 Å². The van der Waals surface area contributed by atoms with Crippen molar-refractivity contribution in [2.45, 2.75) is 71.5 Å². The Morgan fingerprint density at radius 2 is 1.93 bits per heavy atom. The smallest absolute Gasteiger partial charge is 0.115 e. The van der Waals surface area contributed by atoms with E-state index in [1.165, 1.54) is 30.4 Å². The highest BCUT2D eigenvalue weighted by Crippen LogP contribution is 2.15. The topological polar surface area (TPSA) is 49.7 Å². The first-order chi connectivity index (χ1) is 14.1. The fraction of sp³-hybridized carbons (Fsp3) is 0.538. The maximum atomic E-state index is 9.63. The second-order valence-corrected chi connectivity index (χ2v) is 7.69. The summed E-state index contributed by atoms with van der Waals surface area (Å²) < 4.78 is 5.74. The Kier molecular flexibility index (Phi) is 14.8. The van der Waals surface area contributed by atoms with Crippen LogP contribution in [-0.2, 0) is 11.3 Å². The summed E-state index contributed by atoms with van der Waals surface area (Å²) in [4.78, 5) is 0. The molecule has 2 N–H and O–H groups in total. The molecule has 3 heteroatoms. The zero-order valence-electron chi connectivity index (χ0n) is 18.1. The number of ether oxygens (including phenoxy) is 1. The molecule has 0 aliphatic carbocycles. The van der Waals surface area contributed by atoms with Crippen LogP contribution in [0.2, 0.25) is 0 Å². The number of rotatable bonds is 14. The lowest BCUT2D eigenvalue weighted by Gasteiger charge is -2.10. The quantitative estimate of drug-likeness (QED) is 0.250. The summed E-state index contributed by atoms with van der Waals surface area (Å²) >= 11 is 0. The van der Waals surface area contributed by atoms with E-state index in [1.807, 2.05) is 18.2 Å². The van der Waals surface area contributed by atoms with Gasteiger partial charge in [-0.25, -0.2) is 0 Å². The highest BCUT2D eigenvalue weighted by atomic mass is 16.5. The molecule has 0 amide bonds. The number of aliphatic hydroxyl groups is 2. The number of unbranched alkanes of at least 4 members (excludes halogenated alkanes) is 1. The van der Waals surface area contributed by atoms with Gasteiger partial charge < -0.3 is 14.9 Å². The van der Waals surface area contributed by atoms with Gasteiger partial charge in [-0.1, -0.05) is 85.7 Å². The number of hydrogen-bond acceptors (Lipinski definition) is 3. The first-order valence-electron chi connectivity index (χ1n) is 10.8. The molecule has 0 heterocycles. The third kappa shape index (κ3) is 14.7. The third-order valence-corrected chi connectivity index (χ3v) is 4.85. The zero-order chi connectivity index (χ0) is 21.2. The zero-order valence-corrected chi connectivity index (χ0v) is 18.1. The van der Waals surface area contributed by atoms with Crippen molar-refractivity contribution < 1.29 is 14.9 Å². The minimum atomic E-state index is -0.654. The SMILES string of the molecule is C/C(=C\C=C\CC[C@H](C)CCCCOCc1ccccc1)CC[C@H](O)C#CCO. The van der Waals surface area contributed by atoms with Crippen molar-refractivity contribution in [3.8, 4) is 11.8 Å². The molecule has 0 spiro atoms. The van der Waals surface area contributed by atoms with Gasteiger partial charge in [0.25, 0.3) is 0 Å². The molecule has 2 atom stereocenters. The van der Waals surface area contributed by atoms with E-state index in [1.54, 1.807) is 0 Å². The molecule has 0 bridgehead atoms. The van der Waals surface area contributed by atoms with E-state index in [2.05, 4.69) is 56.0 Å². The predicted octanol–water partition coefficient (Wildman–Crippen LogP) is 5.43. The number of benzene rings is 1. The van der Waals surface area contributed by atoms with E-state index in [0.717, 1.165) is 31.8 Å². The van der Waals surface area contributed by atoms with Crippen LogP contribution in [0.1, 0.15) is 64.4 Å². The van der Waals surface area contributed by atoms with Gasteiger partial charge in [0.2, 0.25) is 0 Å². The largest absolute Gasteiger partial charge is 0.384 e. The normalized spacial score (nSPS) is 13.9. The number of allylic oxidation sites excluding steroid dienone is 4. The van der Waals surface area contributed by atoms with Crippen LogP contribution in [0, 0.1) is 17.8 Å². The molecular weight excluding hydrogens is 360 g/mol. The Labute approximate surface area is 177 Å². The second-order valence-electron chi connectivity index (χ2n) is 7.69. The van der Waals surface area contributed by atoms with Crippen molar-refractivity contribution in [3.63, 3.8) is 0 Å². The van der Waals surface area contributed by atoms with Gasteiger partial charge in [0.05, 0.1) is 6.61 Å². The summed E-state index contributed by atoms with van der Waals surface area (Å²) in [6, 6.07) is 10.3. The van der Waals surface area contributed by atoms with Crippen molar-refractivity contribution in [1.29, 1.82) is 0 Å². The molecule has 160 valence electrons. The van der Waals surface area contributed by atoms with Crippen molar-refractivity contribution in [2.75, 3.05) is 13.2 Å². The Hall–Kier alpha value is -1.86. The number of aliphatic hydroxyl groups excluding tert-OH is 2. The minimum Gasteiger partial charge on any atom is -0.384 e. The summed E-state index contributed by atoms with van der Waals surface area (Å²) in [5, 5.41) is 18.2. The van der Waals surface area contributed by atoms with Crippen LogP contribution in [0.3, 0.4) is 0 Å². The molecule has 0 saturated carbocycles. The molecule has 1 rings (SSSR count). The lowest BCUT2D eigenvalue weighted by atomic mass is 9.98. The van der Waals surface area contributed by atoms with E-state index in [0.29, 0.717) is 13.0 Å². The Morgan fingerprint density at radius 3 is 2.69 bits per heavy atom. The van der Waals surface area contributed by atoms with E-state index in [9.17, 15) is 5.11 Å². The first kappa shape index (κ1) is 25.2. The monoisotopic (exact) mass is 398 g/mol. The maximum absolute atomic E-state index is 9.63. The van der Waals surface area contributed by atoms with Gasteiger partial charge in [0.15, 0.2) is 0 Å². The highest BCUT2D eigenvalue weighted by molar-refractivity contribution is 5.13. The van der Waals surface area contributed by atoms with Gasteiger partial charge >= 0.3 is 0 Å². The van der Waals surface area contributed by atoms with E-state index in [4.69, 9.17) is 9.84 Å². The summed E-state index contributed by atoms with van der Waals surface area (Å²) in [7, 11) is 0. The Morgan fingerprint density at radius 1 is 1.14 bits per heavy atom. The minimum absolute atomic E-state index is 0.199. The van der Waals surface area contributed by atoms with Gasteiger partial charge in [-0.2, -0.15) is 0 Å². The van der Waals surface area contributed by atoms with Gasteiger partial charge in [-0.05, 0) is 50.5 Å². The maximum Gasteiger partial charge on any atom is 0.115 e. The average Bonchev–Trinajstić information content (AvgIpc) is 2.73. The summed E-state index contributed by atoms with van der Waals surface area (Å²) in [6.45, 7) is 5.75. The molecule has 1 aromatic rings. The molecule has 0 aliphatic rings. The molecular formula is C26H38O3. The molecule has 1 aromatic carbocycles. The van der Waals surface area contributed by atoms with Crippen molar-refractivity contribution in [2.24, 2.45) is 5.92 Å². The second kappa shape index (κ2) is 17.0. The van der Waals surface area contributed by atoms with Crippen LogP contribution in [0.15, 0.2) is 54.1 Å². The van der Waals surface area contributed by atoms with Crippen LogP contribution in [0.5, 0.6) is 0 Å². The molecule has 0 aromatic heterocycles. The fourth-order valence-electron chi connectivity index (χ4n) is 3.00. The molecule has 0 aliphatic heterocycles. The van der Waals surface area contributed by atoms with E-state index >= 15 is 0 Å². The van der Waals surface area contributed by atoms with Gasteiger partial charge in [-0.3, -0.25) is 0 Å². The summed E-state index contributed by atoms with van der Waals surface area (Å²) in [5.41, 5.74) is 2.47. The van der Waals surface area contributed by atoms with Gasteiger partial charge in [0, 0.05) is 6.61 Å². The molecule has 0 radical (unpaired) electrons. The molecule has 3 nitrogen and oxygen atoms in total. The predicted molar refractivity (Wildman–Crippen MR) is 121 cm³/mol. The van der Waals surface area contributed by atoms with Crippen LogP contribution in [0.25, 0.3) is 0 Å². The Balaban J connectivity index is 2.02. The lowest BCUT2D eigenvalue weighted by molar-refractivity contribution is 0.116. The standard InChI is InChI=1S/C26H38O3/c1-23(14-9-10-21-29-22-25-15-7-4-8-16-25)12-5-3-6-13-24(2)18-19-26(28)17-11-20-27/h3-4,6-8,13,15-16,23,26-28H,5,9-10,12,14,18-22H2,1-2H3/b6-3+,24-13+/t23-,26+/m0/s1. The summed E-state index contributed by atoms with van der Waals surface area (Å²) in [6.07, 6.45) is 13.1. The lowest BCUT2D eigenvalue weighted by Crippen LogP contribution is -2.02. The number of hydrogen-bond donors (Lipinski definition) is 2. The van der Waals surface area contributed by atoms with Gasteiger partial charge in [0.1, 0.15) is 12.7 Å². The van der Waals surface area contributed by atoms with Crippen LogP contribution in [-0.4, -0.2) is 29.5 Å².